The molecule has 20 nitrogen and oxygen atoms in total. The number of imidazole rings is 2. The minimum atomic E-state index is -0.556. The highest BCUT2D eigenvalue weighted by atomic mass is 16.2. The van der Waals surface area contributed by atoms with Gasteiger partial charge in [-0.25, -0.2) is 24.9 Å². The van der Waals surface area contributed by atoms with Gasteiger partial charge in [-0.3, -0.25) is 45.0 Å². The molecule has 0 radical (unpaired) electrons. The predicted molar refractivity (Wildman–Crippen MR) is 269 cm³/mol. The van der Waals surface area contributed by atoms with Gasteiger partial charge in [-0.15, -0.1) is 0 Å². The fraction of sp³-hybridized carbons (Fsp3) is 0.0980. The number of pyridine rings is 8. The quantitative estimate of drug-likeness (QED) is 0.0540. The van der Waals surface area contributed by atoms with Crippen molar-refractivity contribution >= 4 is 67.9 Å². The summed E-state index contributed by atoms with van der Waals surface area (Å²) in [6, 6.07) is 20.3. The number of carbonyl (C=O) groups excluding carboxylic acids is 2. The third-order valence-corrected chi connectivity index (χ3v) is 11.9. The molecular formula is C51H40N18O2. The summed E-state index contributed by atoms with van der Waals surface area (Å²) in [5.74, 6) is 0.444. The maximum atomic E-state index is 14.0. The molecule has 0 fully saturated rings. The summed E-state index contributed by atoms with van der Waals surface area (Å²) in [6.45, 7) is 3.61. The van der Waals surface area contributed by atoms with Crippen LogP contribution in [0.25, 0.3) is 89.4 Å². The minimum Gasteiger partial charge on any atom is -0.383 e. The zero-order valence-electron chi connectivity index (χ0n) is 37.9. The maximum Gasteiger partial charge on any atom is 0.227 e. The summed E-state index contributed by atoms with van der Waals surface area (Å²) in [7, 11) is 0. The predicted octanol–water partition coefficient (Wildman–Crippen LogP) is 7.97. The van der Waals surface area contributed by atoms with Crippen molar-refractivity contribution in [3.63, 3.8) is 0 Å². The number of anilines is 3. The molecule has 20 heteroatoms. The van der Waals surface area contributed by atoms with Gasteiger partial charge in [0, 0.05) is 107 Å². The Labute approximate surface area is 402 Å². The van der Waals surface area contributed by atoms with Crippen LogP contribution in [0.5, 0.6) is 0 Å². The molecule has 0 saturated carbocycles. The van der Waals surface area contributed by atoms with Gasteiger partial charge in [0.25, 0.3) is 0 Å². The number of H-pyrrole nitrogens is 3. The molecule has 71 heavy (non-hydrogen) atoms. The molecule has 1 unspecified atom stereocenters. The van der Waals surface area contributed by atoms with Gasteiger partial charge in [0.15, 0.2) is 17.3 Å². The van der Waals surface area contributed by atoms with E-state index in [2.05, 4.69) is 65.7 Å². The van der Waals surface area contributed by atoms with E-state index in [4.69, 9.17) is 26.1 Å². The standard InChI is InChI=1S/C51H40N18O2/c1-3-41(70)64-40-11-10-27(19-59-40)29-17-33-45(68-69-48(33)61-21-29)50-66-44-35(37-9-5-7-13-57-37)24-58-38(46(44)67-50)14-26(2)51(71)62-31-15-28(18-54-22-31)30-16-32(47(53)60-20-30)42(52)49-63-39-25-55-23-34(43(39)65-49)36-8-4-6-12-56-36/h4-13,15-26,52H,3,14H2,1-2H3,(H2,53,60)(H,62,71)(H,63,65)(H,66,67)(H,59,64,70)(H,61,68,69). The Morgan fingerprint density at radius 3 is 2.23 bits per heavy atom. The lowest BCUT2D eigenvalue weighted by Gasteiger charge is -2.14. The number of amides is 2. The number of hydrogen-bond acceptors (Lipinski definition) is 15. The van der Waals surface area contributed by atoms with Crippen LogP contribution in [-0.4, -0.2) is 87.5 Å². The van der Waals surface area contributed by atoms with E-state index in [0.29, 0.717) is 102 Å². The van der Waals surface area contributed by atoms with Crippen LogP contribution in [0, 0.1) is 11.3 Å². The molecule has 2 amide bonds. The molecule has 346 valence electrons. The van der Waals surface area contributed by atoms with E-state index in [-0.39, 0.29) is 35.6 Å². The molecule has 0 saturated heterocycles. The molecule has 0 aliphatic heterocycles. The average molecular weight is 937 g/mol. The zero-order chi connectivity index (χ0) is 48.6. The van der Waals surface area contributed by atoms with Gasteiger partial charge in [0.05, 0.1) is 51.6 Å². The molecule has 11 heterocycles. The lowest BCUT2D eigenvalue weighted by atomic mass is 10.0. The number of rotatable bonds is 13. The first-order valence-corrected chi connectivity index (χ1v) is 22.4. The highest BCUT2D eigenvalue weighted by Crippen LogP contribution is 2.34. The Balaban J connectivity index is 0.847. The summed E-state index contributed by atoms with van der Waals surface area (Å²) < 4.78 is 0. The highest BCUT2D eigenvalue weighted by Gasteiger charge is 2.24. The van der Waals surface area contributed by atoms with E-state index in [1.807, 2.05) is 55.5 Å². The van der Waals surface area contributed by atoms with Crippen molar-refractivity contribution in [3.05, 3.63) is 146 Å². The number of nitrogens with two attached hydrogens (primary N) is 1. The van der Waals surface area contributed by atoms with Gasteiger partial charge in [-0.1, -0.05) is 26.0 Å². The molecule has 0 aliphatic rings. The molecule has 0 aromatic carbocycles. The lowest BCUT2D eigenvalue weighted by molar-refractivity contribution is -0.119. The smallest absolute Gasteiger partial charge is 0.227 e. The number of aromatic amines is 3. The third-order valence-electron chi connectivity index (χ3n) is 11.9. The van der Waals surface area contributed by atoms with Crippen LogP contribution < -0.4 is 16.4 Å². The van der Waals surface area contributed by atoms with E-state index < -0.39 is 5.92 Å². The summed E-state index contributed by atoms with van der Waals surface area (Å²) >= 11 is 0. The van der Waals surface area contributed by atoms with Crippen molar-refractivity contribution in [2.45, 2.75) is 26.7 Å². The molecule has 11 aromatic rings. The van der Waals surface area contributed by atoms with Gasteiger partial charge < -0.3 is 26.3 Å². The van der Waals surface area contributed by atoms with Crippen LogP contribution in [0.3, 0.4) is 0 Å². The lowest BCUT2D eigenvalue weighted by Crippen LogP contribution is -2.22. The molecular weight excluding hydrogens is 897 g/mol. The Morgan fingerprint density at radius 1 is 0.718 bits per heavy atom. The van der Waals surface area contributed by atoms with Crippen LogP contribution >= 0.6 is 0 Å². The number of fused-ring (bicyclic) bond motifs is 3. The monoisotopic (exact) mass is 936 g/mol. The van der Waals surface area contributed by atoms with E-state index >= 15 is 0 Å². The van der Waals surface area contributed by atoms with Crippen molar-refractivity contribution in [3.8, 4) is 56.3 Å². The number of nitrogens with one attached hydrogen (secondary N) is 6. The molecule has 8 N–H and O–H groups in total. The Kier molecular flexibility index (Phi) is 11.2. The normalized spacial score (nSPS) is 11.8. The molecule has 0 bridgehead atoms. The Hall–Kier alpha value is -9.98. The Morgan fingerprint density at radius 2 is 1.46 bits per heavy atom. The summed E-state index contributed by atoms with van der Waals surface area (Å²) in [6.07, 6.45) is 17.3. The average Bonchev–Trinajstić information content (AvgIpc) is 4.17. The number of carbonyl (C=O) groups is 2. The number of nitrogens with zero attached hydrogens (tertiary/aromatic N) is 11. The largest absolute Gasteiger partial charge is 0.383 e. The SMILES string of the molecule is CCC(=O)Nc1ccc(-c2cnc3n[nH]c(-c4nc5c(-c6ccccn6)cnc(CC(C)C(=O)Nc6cncc(-c7cnc(N)c(C(=N)c8nc9c(-c%10ccccn%10)cncc9[nH]8)c7)c6)c5[nH]4)c3c2)cn1. The summed E-state index contributed by atoms with van der Waals surface area (Å²) in [4.78, 5) is 78.5. The van der Waals surface area contributed by atoms with Crippen molar-refractivity contribution in [2.75, 3.05) is 16.4 Å². The van der Waals surface area contributed by atoms with Crippen molar-refractivity contribution in [2.24, 2.45) is 5.92 Å². The van der Waals surface area contributed by atoms with Crippen molar-refractivity contribution < 1.29 is 9.59 Å². The summed E-state index contributed by atoms with van der Waals surface area (Å²) in [5.41, 5.74) is 17.1. The second kappa shape index (κ2) is 18.3. The van der Waals surface area contributed by atoms with E-state index in [1.54, 1.807) is 87.1 Å². The van der Waals surface area contributed by atoms with Crippen LogP contribution in [0.1, 0.15) is 37.4 Å². The van der Waals surface area contributed by atoms with Crippen LogP contribution in [0.2, 0.25) is 0 Å². The minimum absolute atomic E-state index is 0.0340. The molecule has 0 spiro atoms. The van der Waals surface area contributed by atoms with Crippen LogP contribution in [-0.2, 0) is 16.0 Å². The first kappa shape index (κ1) is 43.6. The van der Waals surface area contributed by atoms with Gasteiger partial charge in [-0.05, 0) is 54.6 Å². The second-order valence-corrected chi connectivity index (χ2v) is 16.6. The number of aromatic nitrogens is 14. The number of nitrogen functional groups attached to an aromatic ring is 1. The second-order valence-electron chi connectivity index (χ2n) is 16.6. The fourth-order valence-electron chi connectivity index (χ4n) is 8.17. The maximum absolute atomic E-state index is 14.0. The highest BCUT2D eigenvalue weighted by molar-refractivity contribution is 6.13. The van der Waals surface area contributed by atoms with Gasteiger partial charge in [0.1, 0.15) is 34.1 Å². The molecule has 0 aliphatic carbocycles. The summed E-state index contributed by atoms with van der Waals surface area (Å²) in [5, 5.41) is 23.2. The first-order valence-electron chi connectivity index (χ1n) is 22.4. The fourth-order valence-corrected chi connectivity index (χ4v) is 8.17. The topological polar surface area (TPSA) is 297 Å². The van der Waals surface area contributed by atoms with E-state index in [0.717, 1.165) is 16.7 Å². The number of hydrogen-bond donors (Lipinski definition) is 7. The van der Waals surface area contributed by atoms with E-state index in [1.165, 1.54) is 0 Å². The van der Waals surface area contributed by atoms with Crippen LogP contribution in [0.15, 0.2) is 129 Å². The van der Waals surface area contributed by atoms with Gasteiger partial charge >= 0.3 is 0 Å². The molecule has 1 atom stereocenters. The van der Waals surface area contributed by atoms with Gasteiger partial charge in [0.2, 0.25) is 11.8 Å². The van der Waals surface area contributed by atoms with Gasteiger partial charge in [-0.2, -0.15) is 5.10 Å². The van der Waals surface area contributed by atoms with Crippen molar-refractivity contribution in [1.82, 2.24) is 70.0 Å². The first-order chi connectivity index (χ1) is 34.7. The third kappa shape index (κ3) is 8.52. The van der Waals surface area contributed by atoms with Crippen molar-refractivity contribution in [1.29, 1.82) is 5.41 Å². The van der Waals surface area contributed by atoms with E-state index in [9.17, 15) is 9.59 Å². The molecule has 11 rings (SSSR count). The Bertz CT molecular complexity index is 3830. The van der Waals surface area contributed by atoms with Crippen LogP contribution in [0.4, 0.5) is 17.3 Å². The zero-order valence-corrected chi connectivity index (χ0v) is 37.9. The molecule has 11 aromatic heterocycles.